The van der Waals surface area contributed by atoms with Crippen LogP contribution in [0.2, 0.25) is 0 Å². The lowest BCUT2D eigenvalue weighted by molar-refractivity contribution is 0.346. The molecule has 6 nitrogen and oxygen atoms in total. The van der Waals surface area contributed by atoms with Crippen LogP contribution in [0, 0.1) is 19.3 Å². The van der Waals surface area contributed by atoms with Crippen LogP contribution in [0.3, 0.4) is 0 Å². The lowest BCUT2D eigenvalue weighted by Crippen LogP contribution is -2.32. The number of fused-ring (bicyclic) bond motifs is 1. The van der Waals surface area contributed by atoms with Crippen molar-refractivity contribution in [3.05, 3.63) is 17.3 Å². The van der Waals surface area contributed by atoms with Gasteiger partial charge in [-0.3, -0.25) is 0 Å². The first kappa shape index (κ1) is 13.7. The maximum Gasteiger partial charge on any atom is 0.226 e. The third kappa shape index (κ3) is 2.18. The number of piperidine rings is 1. The first-order chi connectivity index (χ1) is 10.6. The van der Waals surface area contributed by atoms with E-state index in [1.807, 2.05) is 19.9 Å². The predicted octanol–water partition coefficient (Wildman–Crippen LogP) is 1.78. The summed E-state index contributed by atoms with van der Waals surface area (Å²) < 4.78 is 0. The molecule has 2 fully saturated rings. The molecule has 22 heavy (non-hydrogen) atoms. The SMILES string of the molecule is Cc1cc(C)c2c(N)nc(NC3CC34CCNCC4)nc2n1. The molecule has 4 rings (SSSR count). The van der Waals surface area contributed by atoms with Crippen LogP contribution in [0.4, 0.5) is 11.8 Å². The smallest absolute Gasteiger partial charge is 0.226 e. The minimum Gasteiger partial charge on any atom is -0.383 e. The van der Waals surface area contributed by atoms with E-state index >= 15 is 0 Å². The lowest BCUT2D eigenvalue weighted by atomic mass is 9.94. The highest BCUT2D eigenvalue weighted by Gasteiger charge is 2.54. The van der Waals surface area contributed by atoms with Gasteiger partial charge >= 0.3 is 0 Å². The fraction of sp³-hybridized carbons (Fsp3) is 0.562. The van der Waals surface area contributed by atoms with Crippen molar-refractivity contribution < 1.29 is 0 Å². The van der Waals surface area contributed by atoms with Crippen molar-refractivity contribution in [3.63, 3.8) is 0 Å². The molecule has 1 aliphatic carbocycles. The number of nitrogens with zero attached hydrogens (tertiary/aromatic N) is 3. The molecular weight excluding hydrogens is 276 g/mol. The molecule has 0 amide bonds. The van der Waals surface area contributed by atoms with Gasteiger partial charge in [0.2, 0.25) is 5.95 Å². The molecule has 0 bridgehead atoms. The van der Waals surface area contributed by atoms with Gasteiger partial charge in [0.15, 0.2) is 5.65 Å². The van der Waals surface area contributed by atoms with Gasteiger partial charge in [-0.15, -0.1) is 0 Å². The number of aromatic nitrogens is 3. The van der Waals surface area contributed by atoms with E-state index in [0.29, 0.717) is 28.9 Å². The molecular formula is C16H22N6. The molecule has 1 spiro atoms. The van der Waals surface area contributed by atoms with Crippen molar-refractivity contribution in [1.29, 1.82) is 0 Å². The Morgan fingerprint density at radius 1 is 1.23 bits per heavy atom. The third-order valence-corrected chi connectivity index (χ3v) is 5.11. The zero-order valence-corrected chi connectivity index (χ0v) is 13.1. The van der Waals surface area contributed by atoms with Crippen LogP contribution in [-0.4, -0.2) is 34.1 Å². The van der Waals surface area contributed by atoms with Crippen LogP contribution in [-0.2, 0) is 0 Å². The number of hydrogen-bond acceptors (Lipinski definition) is 6. The molecule has 0 aromatic carbocycles. The Labute approximate surface area is 129 Å². The van der Waals surface area contributed by atoms with Crippen LogP contribution in [0.15, 0.2) is 6.07 Å². The number of nitrogen functional groups attached to an aromatic ring is 1. The second kappa shape index (κ2) is 4.78. The summed E-state index contributed by atoms with van der Waals surface area (Å²) >= 11 is 0. The molecule has 2 aromatic rings. The maximum atomic E-state index is 6.13. The average Bonchev–Trinajstić information content (AvgIpc) is 3.09. The third-order valence-electron chi connectivity index (χ3n) is 5.11. The Morgan fingerprint density at radius 3 is 2.77 bits per heavy atom. The van der Waals surface area contributed by atoms with Gasteiger partial charge in [-0.1, -0.05) is 0 Å². The van der Waals surface area contributed by atoms with Gasteiger partial charge in [0.25, 0.3) is 0 Å². The van der Waals surface area contributed by atoms with Crippen LogP contribution in [0.5, 0.6) is 0 Å². The summed E-state index contributed by atoms with van der Waals surface area (Å²) in [6, 6.07) is 2.48. The number of aryl methyl sites for hydroxylation is 2. The Hall–Kier alpha value is -1.95. The number of nitrogens with one attached hydrogen (secondary N) is 2. The fourth-order valence-corrected chi connectivity index (χ4v) is 3.76. The standard InChI is InChI=1S/C16H22N6/c1-9-7-10(2)19-14-12(9)13(17)21-15(22-14)20-11-8-16(11)3-5-18-6-4-16/h7,11,18H,3-6,8H2,1-2H3,(H3,17,19,20,21,22). The van der Waals surface area contributed by atoms with E-state index in [0.717, 1.165) is 29.7 Å². The molecule has 2 aliphatic rings. The largest absolute Gasteiger partial charge is 0.383 e. The van der Waals surface area contributed by atoms with E-state index in [4.69, 9.17) is 5.73 Å². The second-order valence-electron chi connectivity index (χ2n) is 6.73. The first-order valence-electron chi connectivity index (χ1n) is 7.96. The zero-order chi connectivity index (χ0) is 15.3. The molecule has 1 saturated heterocycles. The van der Waals surface area contributed by atoms with Crippen LogP contribution in [0.25, 0.3) is 11.0 Å². The summed E-state index contributed by atoms with van der Waals surface area (Å²) in [6.45, 7) is 6.22. The normalized spacial score (nSPS) is 22.9. The molecule has 1 saturated carbocycles. The molecule has 116 valence electrons. The monoisotopic (exact) mass is 298 g/mol. The fourth-order valence-electron chi connectivity index (χ4n) is 3.76. The highest BCUT2D eigenvalue weighted by atomic mass is 15.2. The molecule has 4 N–H and O–H groups in total. The highest BCUT2D eigenvalue weighted by Crippen LogP contribution is 2.53. The Bertz CT molecular complexity index is 735. The highest BCUT2D eigenvalue weighted by molar-refractivity contribution is 5.89. The molecule has 6 heteroatoms. The van der Waals surface area contributed by atoms with Crippen molar-refractivity contribution in [2.75, 3.05) is 24.1 Å². The van der Waals surface area contributed by atoms with E-state index in [9.17, 15) is 0 Å². The van der Waals surface area contributed by atoms with Gasteiger partial charge in [-0.25, -0.2) is 4.98 Å². The van der Waals surface area contributed by atoms with E-state index in [-0.39, 0.29) is 0 Å². The van der Waals surface area contributed by atoms with Gasteiger partial charge in [-0.05, 0) is 63.2 Å². The van der Waals surface area contributed by atoms with Crippen molar-refractivity contribution in [2.45, 2.75) is 39.2 Å². The molecule has 1 aliphatic heterocycles. The minimum atomic E-state index is 0.439. The number of pyridine rings is 1. The topological polar surface area (TPSA) is 88.8 Å². The van der Waals surface area contributed by atoms with Crippen molar-refractivity contribution in [1.82, 2.24) is 20.3 Å². The van der Waals surface area contributed by atoms with Gasteiger partial charge in [-0.2, -0.15) is 9.97 Å². The van der Waals surface area contributed by atoms with Crippen LogP contribution >= 0.6 is 0 Å². The second-order valence-corrected chi connectivity index (χ2v) is 6.73. The van der Waals surface area contributed by atoms with E-state index in [2.05, 4.69) is 25.6 Å². The minimum absolute atomic E-state index is 0.439. The summed E-state index contributed by atoms with van der Waals surface area (Å²) in [6.07, 6.45) is 3.66. The Balaban J connectivity index is 1.63. The number of rotatable bonds is 2. The van der Waals surface area contributed by atoms with Gasteiger partial charge in [0.05, 0.1) is 5.39 Å². The molecule has 2 aromatic heterocycles. The Morgan fingerprint density at radius 2 is 2.00 bits per heavy atom. The molecule has 0 radical (unpaired) electrons. The summed E-state index contributed by atoms with van der Waals surface area (Å²) in [4.78, 5) is 13.5. The van der Waals surface area contributed by atoms with E-state index in [1.165, 1.54) is 19.3 Å². The molecule has 3 heterocycles. The Kier molecular flexibility index (Phi) is 2.97. The summed E-state index contributed by atoms with van der Waals surface area (Å²) in [5, 5.41) is 7.76. The van der Waals surface area contributed by atoms with E-state index < -0.39 is 0 Å². The number of hydrogen-bond donors (Lipinski definition) is 3. The zero-order valence-electron chi connectivity index (χ0n) is 13.1. The summed E-state index contributed by atoms with van der Waals surface area (Å²) in [7, 11) is 0. The van der Waals surface area contributed by atoms with Gasteiger partial charge in [0, 0.05) is 11.7 Å². The van der Waals surface area contributed by atoms with Crippen LogP contribution in [0.1, 0.15) is 30.5 Å². The maximum absolute atomic E-state index is 6.13. The average molecular weight is 298 g/mol. The summed E-state index contributed by atoms with van der Waals surface area (Å²) in [5.74, 6) is 1.13. The van der Waals surface area contributed by atoms with Crippen LogP contribution < -0.4 is 16.4 Å². The lowest BCUT2D eigenvalue weighted by Gasteiger charge is -2.23. The van der Waals surface area contributed by atoms with Gasteiger partial charge < -0.3 is 16.4 Å². The van der Waals surface area contributed by atoms with Crippen molar-refractivity contribution >= 4 is 22.8 Å². The first-order valence-corrected chi connectivity index (χ1v) is 7.96. The molecule has 1 unspecified atom stereocenters. The van der Waals surface area contributed by atoms with E-state index in [1.54, 1.807) is 0 Å². The number of anilines is 2. The van der Waals surface area contributed by atoms with Gasteiger partial charge in [0.1, 0.15) is 5.82 Å². The summed E-state index contributed by atoms with van der Waals surface area (Å²) in [5.41, 5.74) is 9.29. The van der Waals surface area contributed by atoms with Crippen molar-refractivity contribution in [3.8, 4) is 0 Å². The molecule has 1 atom stereocenters. The van der Waals surface area contributed by atoms with Crippen molar-refractivity contribution in [2.24, 2.45) is 5.41 Å². The predicted molar refractivity (Wildman–Crippen MR) is 87.8 cm³/mol. The quantitative estimate of drug-likeness (QED) is 0.783. The number of nitrogens with two attached hydrogens (primary N) is 1.